The van der Waals surface area contributed by atoms with Crippen molar-refractivity contribution in [2.75, 3.05) is 0 Å². The minimum absolute atomic E-state index is 0.0997. The molecule has 0 bridgehead atoms. The number of halogens is 2. The molecule has 0 saturated carbocycles. The molecular weight excluding hydrogens is 259 g/mol. The van der Waals surface area contributed by atoms with Gasteiger partial charge in [-0.1, -0.05) is 23.2 Å². The Morgan fingerprint density at radius 3 is 2.00 bits per heavy atom. The molecule has 2 rings (SSSR count). The summed E-state index contributed by atoms with van der Waals surface area (Å²) in [6, 6.07) is 10.0. The van der Waals surface area contributed by atoms with E-state index in [0.29, 0.717) is 15.6 Å². The lowest BCUT2D eigenvalue weighted by atomic mass is 10.0. The molecule has 0 aliphatic carbocycles. The smallest absolute Gasteiger partial charge is 0.116 e. The number of hydrogen-bond acceptors (Lipinski definition) is 2. The van der Waals surface area contributed by atoms with Crippen molar-refractivity contribution in [2.45, 2.75) is 6.61 Å². The molecule has 17 heavy (non-hydrogen) atoms. The quantitative estimate of drug-likeness (QED) is 0.869. The Morgan fingerprint density at radius 2 is 1.41 bits per heavy atom. The SMILES string of the molecule is OCc1cc(O)cc(-c2cc(Cl)cc(Cl)c2)c1. The van der Waals surface area contributed by atoms with E-state index in [1.54, 1.807) is 30.3 Å². The van der Waals surface area contributed by atoms with Crippen LogP contribution in [0.15, 0.2) is 36.4 Å². The third-order valence-electron chi connectivity index (χ3n) is 2.36. The van der Waals surface area contributed by atoms with E-state index in [1.165, 1.54) is 6.07 Å². The lowest BCUT2D eigenvalue weighted by molar-refractivity contribution is 0.281. The third-order valence-corrected chi connectivity index (χ3v) is 2.79. The van der Waals surface area contributed by atoms with Crippen molar-refractivity contribution in [1.82, 2.24) is 0 Å². The number of phenolic OH excluding ortho intramolecular Hbond substituents is 1. The molecule has 2 N–H and O–H groups in total. The zero-order chi connectivity index (χ0) is 12.4. The van der Waals surface area contributed by atoms with Crippen molar-refractivity contribution in [3.8, 4) is 16.9 Å². The molecule has 0 radical (unpaired) electrons. The molecule has 2 nitrogen and oxygen atoms in total. The van der Waals surface area contributed by atoms with Crippen LogP contribution in [0.4, 0.5) is 0 Å². The van der Waals surface area contributed by atoms with E-state index < -0.39 is 0 Å². The number of aliphatic hydroxyl groups is 1. The van der Waals surface area contributed by atoms with Crippen molar-refractivity contribution in [2.24, 2.45) is 0 Å². The van der Waals surface area contributed by atoms with E-state index in [2.05, 4.69) is 0 Å². The molecule has 0 heterocycles. The Labute approximate surface area is 109 Å². The van der Waals surface area contributed by atoms with Crippen LogP contribution < -0.4 is 0 Å². The molecule has 2 aromatic rings. The Morgan fingerprint density at radius 1 is 0.824 bits per heavy atom. The first-order valence-corrected chi connectivity index (χ1v) is 5.74. The summed E-state index contributed by atoms with van der Waals surface area (Å²) in [5.74, 6) is 0.0997. The summed E-state index contributed by atoms with van der Waals surface area (Å²) in [6.45, 7) is -0.129. The van der Waals surface area contributed by atoms with E-state index >= 15 is 0 Å². The molecule has 2 aromatic carbocycles. The minimum atomic E-state index is -0.129. The van der Waals surface area contributed by atoms with Gasteiger partial charge in [-0.2, -0.15) is 0 Å². The number of aliphatic hydroxyl groups excluding tert-OH is 1. The van der Waals surface area contributed by atoms with E-state index in [4.69, 9.17) is 28.3 Å². The van der Waals surface area contributed by atoms with Gasteiger partial charge in [0.25, 0.3) is 0 Å². The normalized spacial score (nSPS) is 10.5. The molecule has 0 aliphatic heterocycles. The highest BCUT2D eigenvalue weighted by atomic mass is 35.5. The number of phenols is 1. The molecule has 0 saturated heterocycles. The maximum atomic E-state index is 9.55. The van der Waals surface area contributed by atoms with E-state index in [9.17, 15) is 5.11 Å². The molecule has 0 aromatic heterocycles. The fourth-order valence-electron chi connectivity index (χ4n) is 1.65. The van der Waals surface area contributed by atoms with Crippen LogP contribution in [0.5, 0.6) is 5.75 Å². The predicted octanol–water partition coefficient (Wildman–Crippen LogP) is 3.86. The number of hydrogen-bond donors (Lipinski definition) is 2. The molecule has 0 fully saturated rings. The summed E-state index contributed by atoms with van der Waals surface area (Å²) in [7, 11) is 0. The van der Waals surface area contributed by atoms with Crippen LogP contribution in [-0.4, -0.2) is 10.2 Å². The Kier molecular flexibility index (Phi) is 3.57. The second-order valence-electron chi connectivity index (χ2n) is 3.70. The van der Waals surface area contributed by atoms with Gasteiger partial charge in [-0.3, -0.25) is 0 Å². The van der Waals surface area contributed by atoms with Crippen molar-refractivity contribution < 1.29 is 10.2 Å². The fourth-order valence-corrected chi connectivity index (χ4v) is 2.18. The average Bonchev–Trinajstić information content (AvgIpc) is 2.26. The van der Waals surface area contributed by atoms with Crippen molar-refractivity contribution in [1.29, 1.82) is 0 Å². The fraction of sp³-hybridized carbons (Fsp3) is 0.0769. The van der Waals surface area contributed by atoms with Gasteiger partial charge in [-0.25, -0.2) is 0 Å². The van der Waals surface area contributed by atoms with Crippen LogP contribution in [-0.2, 0) is 6.61 Å². The van der Waals surface area contributed by atoms with E-state index in [1.807, 2.05) is 0 Å². The third kappa shape index (κ3) is 2.91. The van der Waals surface area contributed by atoms with Crippen LogP contribution in [0.3, 0.4) is 0 Å². The molecule has 4 heteroatoms. The second kappa shape index (κ2) is 4.96. The van der Waals surface area contributed by atoms with Gasteiger partial charge in [0.15, 0.2) is 0 Å². The Balaban J connectivity index is 2.55. The summed E-state index contributed by atoms with van der Waals surface area (Å²) in [6.07, 6.45) is 0. The van der Waals surface area contributed by atoms with Crippen molar-refractivity contribution in [3.05, 3.63) is 52.0 Å². The Bertz CT molecular complexity index is 533. The highest BCUT2D eigenvalue weighted by Gasteiger charge is 2.04. The molecule has 0 unspecified atom stereocenters. The molecule has 0 aliphatic rings. The maximum absolute atomic E-state index is 9.55. The first-order chi connectivity index (χ1) is 8.08. The molecular formula is C13H10Cl2O2. The molecule has 0 spiro atoms. The molecule has 0 amide bonds. The van der Waals surface area contributed by atoms with Gasteiger partial charge in [-0.15, -0.1) is 0 Å². The van der Waals surface area contributed by atoms with Gasteiger partial charge in [0.2, 0.25) is 0 Å². The van der Waals surface area contributed by atoms with Crippen LogP contribution in [0, 0.1) is 0 Å². The molecule has 0 atom stereocenters. The largest absolute Gasteiger partial charge is 0.508 e. The lowest BCUT2D eigenvalue weighted by Crippen LogP contribution is -1.85. The first kappa shape index (κ1) is 12.2. The maximum Gasteiger partial charge on any atom is 0.116 e. The van der Waals surface area contributed by atoms with Crippen molar-refractivity contribution >= 4 is 23.2 Å². The topological polar surface area (TPSA) is 40.5 Å². The highest BCUT2D eigenvalue weighted by Crippen LogP contribution is 2.30. The van der Waals surface area contributed by atoms with Crippen molar-refractivity contribution in [3.63, 3.8) is 0 Å². The minimum Gasteiger partial charge on any atom is -0.508 e. The summed E-state index contributed by atoms with van der Waals surface area (Å²) in [5.41, 5.74) is 2.20. The Hall–Kier alpha value is -1.22. The zero-order valence-electron chi connectivity index (χ0n) is 8.82. The second-order valence-corrected chi connectivity index (χ2v) is 4.58. The average molecular weight is 269 g/mol. The molecule has 88 valence electrons. The number of benzene rings is 2. The number of rotatable bonds is 2. The van der Waals surface area contributed by atoms with Gasteiger partial charge in [0.1, 0.15) is 5.75 Å². The summed E-state index contributed by atoms with van der Waals surface area (Å²) >= 11 is 11.8. The first-order valence-electron chi connectivity index (χ1n) is 4.99. The van der Waals surface area contributed by atoms with E-state index in [-0.39, 0.29) is 12.4 Å². The van der Waals surface area contributed by atoms with Gasteiger partial charge in [0, 0.05) is 10.0 Å². The van der Waals surface area contributed by atoms with Crippen LogP contribution in [0.25, 0.3) is 11.1 Å². The van der Waals surface area contributed by atoms with Gasteiger partial charge in [0.05, 0.1) is 6.61 Å². The van der Waals surface area contributed by atoms with Gasteiger partial charge < -0.3 is 10.2 Å². The van der Waals surface area contributed by atoms with Gasteiger partial charge in [-0.05, 0) is 53.1 Å². The van der Waals surface area contributed by atoms with Crippen LogP contribution >= 0.6 is 23.2 Å². The van der Waals surface area contributed by atoms with E-state index in [0.717, 1.165) is 11.1 Å². The highest BCUT2D eigenvalue weighted by molar-refractivity contribution is 6.35. The summed E-state index contributed by atoms with van der Waals surface area (Å²) in [5, 5.41) is 19.7. The number of aromatic hydroxyl groups is 1. The lowest BCUT2D eigenvalue weighted by Gasteiger charge is -2.06. The monoisotopic (exact) mass is 268 g/mol. The van der Waals surface area contributed by atoms with Crippen LogP contribution in [0.2, 0.25) is 10.0 Å². The standard InChI is InChI=1S/C13H10Cl2O2/c14-11-3-10(4-12(15)6-11)9-1-8(7-16)2-13(17)5-9/h1-6,16-17H,7H2. The van der Waals surface area contributed by atoms with Crippen LogP contribution in [0.1, 0.15) is 5.56 Å². The summed E-state index contributed by atoms with van der Waals surface area (Å²) in [4.78, 5) is 0. The summed E-state index contributed by atoms with van der Waals surface area (Å²) < 4.78 is 0. The van der Waals surface area contributed by atoms with Gasteiger partial charge >= 0.3 is 0 Å². The zero-order valence-corrected chi connectivity index (χ0v) is 10.3. The predicted molar refractivity (Wildman–Crippen MR) is 69.5 cm³/mol.